The van der Waals surface area contributed by atoms with E-state index in [0.717, 1.165) is 27.6 Å². The number of aromatic nitrogens is 4. The van der Waals surface area contributed by atoms with E-state index in [1.54, 1.807) is 0 Å². The first kappa shape index (κ1) is 18.6. The van der Waals surface area contributed by atoms with E-state index in [2.05, 4.69) is 63.4 Å². The van der Waals surface area contributed by atoms with Gasteiger partial charge in [-0.05, 0) is 30.2 Å². The van der Waals surface area contributed by atoms with Gasteiger partial charge in [-0.15, -0.1) is 10.2 Å². The molecule has 0 spiro atoms. The van der Waals surface area contributed by atoms with Gasteiger partial charge in [0.25, 0.3) is 0 Å². The molecule has 0 fully saturated rings. The van der Waals surface area contributed by atoms with Crippen LogP contribution in [0.3, 0.4) is 0 Å². The zero-order chi connectivity index (χ0) is 20.5. The molecule has 5 rings (SSSR count). The third-order valence-corrected chi connectivity index (χ3v) is 5.60. The van der Waals surface area contributed by atoms with Crippen molar-refractivity contribution in [3.05, 3.63) is 94.5 Å². The molecule has 0 aliphatic rings. The van der Waals surface area contributed by atoms with Gasteiger partial charge in [0.05, 0.1) is 5.52 Å². The Labute approximate surface area is 179 Å². The van der Waals surface area contributed by atoms with E-state index in [4.69, 9.17) is 16.6 Å². The number of aryl methyl sites for hydroxylation is 1. The van der Waals surface area contributed by atoms with E-state index in [1.807, 2.05) is 36.4 Å². The van der Waals surface area contributed by atoms with Crippen LogP contribution in [0.25, 0.3) is 22.1 Å². The molecule has 0 saturated heterocycles. The topological polar surface area (TPSA) is 55.6 Å². The van der Waals surface area contributed by atoms with E-state index in [0.29, 0.717) is 24.1 Å². The highest BCUT2D eigenvalue weighted by Gasteiger charge is 2.15. The quantitative estimate of drug-likeness (QED) is 0.407. The average Bonchev–Trinajstić information content (AvgIpc) is 3.08. The molecule has 3 aromatic carbocycles. The van der Waals surface area contributed by atoms with Crippen molar-refractivity contribution in [2.75, 3.05) is 5.32 Å². The normalized spacial score (nSPS) is 11.3. The lowest BCUT2D eigenvalue weighted by atomic mass is 10.1. The summed E-state index contributed by atoms with van der Waals surface area (Å²) in [4.78, 5) is 4.81. The highest BCUT2D eigenvalue weighted by atomic mass is 35.5. The maximum absolute atomic E-state index is 6.26. The number of halogens is 1. The summed E-state index contributed by atoms with van der Waals surface area (Å²) in [6.45, 7) is 3.34. The molecule has 0 radical (unpaired) electrons. The first-order valence-corrected chi connectivity index (χ1v) is 10.2. The van der Waals surface area contributed by atoms with Gasteiger partial charge in [0.1, 0.15) is 5.52 Å². The van der Waals surface area contributed by atoms with Gasteiger partial charge in [-0.3, -0.25) is 0 Å². The molecule has 0 unspecified atom stereocenters. The third-order valence-electron chi connectivity index (χ3n) is 5.23. The van der Waals surface area contributed by atoms with Gasteiger partial charge in [-0.2, -0.15) is 4.98 Å². The number of anilines is 1. The van der Waals surface area contributed by atoms with Crippen LogP contribution in [0.5, 0.6) is 0 Å². The minimum Gasteiger partial charge on any atom is -0.349 e. The number of hydrogen-bond donors (Lipinski definition) is 1. The summed E-state index contributed by atoms with van der Waals surface area (Å²) >= 11 is 6.26. The van der Waals surface area contributed by atoms with Crippen molar-refractivity contribution in [1.82, 2.24) is 19.7 Å². The van der Waals surface area contributed by atoms with Crippen molar-refractivity contribution in [1.29, 1.82) is 0 Å². The molecule has 2 aromatic heterocycles. The zero-order valence-electron chi connectivity index (χ0n) is 16.5. The Balaban J connectivity index is 1.55. The van der Waals surface area contributed by atoms with E-state index in [9.17, 15) is 0 Å². The first-order valence-electron chi connectivity index (χ1n) is 9.83. The molecule has 0 aliphatic heterocycles. The monoisotopic (exact) mass is 413 g/mol. The lowest BCUT2D eigenvalue weighted by Gasteiger charge is -2.09. The van der Waals surface area contributed by atoms with Crippen molar-refractivity contribution in [2.24, 2.45) is 0 Å². The van der Waals surface area contributed by atoms with Crippen LogP contribution < -0.4 is 5.32 Å². The van der Waals surface area contributed by atoms with Crippen LogP contribution in [0, 0.1) is 6.92 Å². The van der Waals surface area contributed by atoms with Gasteiger partial charge < -0.3 is 9.88 Å². The zero-order valence-corrected chi connectivity index (χ0v) is 17.3. The van der Waals surface area contributed by atoms with Gasteiger partial charge >= 0.3 is 0 Å². The van der Waals surface area contributed by atoms with E-state index < -0.39 is 0 Å². The molecular weight excluding hydrogens is 394 g/mol. The van der Waals surface area contributed by atoms with Gasteiger partial charge in [0.2, 0.25) is 5.95 Å². The molecule has 5 aromatic rings. The van der Waals surface area contributed by atoms with Crippen LogP contribution in [-0.4, -0.2) is 19.7 Å². The summed E-state index contributed by atoms with van der Waals surface area (Å²) in [5, 5.41) is 13.8. The molecule has 5 nitrogen and oxygen atoms in total. The Hall–Kier alpha value is -3.44. The molecule has 0 bridgehead atoms. The van der Waals surface area contributed by atoms with Crippen molar-refractivity contribution < 1.29 is 0 Å². The van der Waals surface area contributed by atoms with Crippen molar-refractivity contribution >= 4 is 39.6 Å². The van der Waals surface area contributed by atoms with Gasteiger partial charge in [0, 0.05) is 23.5 Å². The predicted molar refractivity (Wildman–Crippen MR) is 122 cm³/mol. The second-order valence-electron chi connectivity index (χ2n) is 7.34. The lowest BCUT2D eigenvalue weighted by Crippen LogP contribution is -2.07. The summed E-state index contributed by atoms with van der Waals surface area (Å²) in [5.74, 6) is 0.482. The third kappa shape index (κ3) is 3.48. The van der Waals surface area contributed by atoms with Crippen LogP contribution >= 0.6 is 11.6 Å². The molecule has 148 valence electrons. The molecule has 30 heavy (non-hydrogen) atoms. The highest BCUT2D eigenvalue weighted by Crippen LogP contribution is 2.27. The molecule has 0 saturated carbocycles. The summed E-state index contributed by atoms with van der Waals surface area (Å²) in [6.07, 6.45) is 0. The second kappa shape index (κ2) is 7.76. The Kier molecular flexibility index (Phi) is 4.81. The van der Waals surface area contributed by atoms with Crippen molar-refractivity contribution in [2.45, 2.75) is 20.0 Å². The SMILES string of the molecule is Cc1ccc(Cn2c3ccccc3c3nnc(NCc4ccccc4Cl)nc32)cc1. The van der Waals surface area contributed by atoms with Crippen LogP contribution in [0.15, 0.2) is 72.8 Å². The number of nitrogens with one attached hydrogen (secondary N) is 1. The fourth-order valence-electron chi connectivity index (χ4n) is 3.63. The highest BCUT2D eigenvalue weighted by molar-refractivity contribution is 6.31. The molecule has 1 N–H and O–H groups in total. The molecule has 2 heterocycles. The summed E-state index contributed by atoms with van der Waals surface area (Å²) in [7, 11) is 0. The van der Waals surface area contributed by atoms with E-state index in [-0.39, 0.29) is 0 Å². The molecular formula is C24H20ClN5. The minimum atomic E-state index is 0.482. The Bertz CT molecular complexity index is 1340. The van der Waals surface area contributed by atoms with Gasteiger partial charge in [0.15, 0.2) is 5.65 Å². The Morgan fingerprint density at radius 3 is 2.50 bits per heavy atom. The number of rotatable bonds is 5. The predicted octanol–water partition coefficient (Wildman–Crippen LogP) is 5.60. The fourth-order valence-corrected chi connectivity index (χ4v) is 3.83. The van der Waals surface area contributed by atoms with Crippen LogP contribution in [0.2, 0.25) is 5.02 Å². The number of hydrogen-bond acceptors (Lipinski definition) is 4. The molecule has 6 heteroatoms. The molecule has 0 amide bonds. The van der Waals surface area contributed by atoms with Gasteiger partial charge in [-0.1, -0.05) is 77.8 Å². The average molecular weight is 414 g/mol. The van der Waals surface area contributed by atoms with Crippen molar-refractivity contribution in [3.8, 4) is 0 Å². The van der Waals surface area contributed by atoms with E-state index in [1.165, 1.54) is 11.1 Å². The summed E-state index contributed by atoms with van der Waals surface area (Å²) in [6, 6.07) is 24.5. The second-order valence-corrected chi connectivity index (χ2v) is 7.75. The first-order chi connectivity index (χ1) is 14.7. The van der Waals surface area contributed by atoms with Gasteiger partial charge in [-0.25, -0.2) is 0 Å². The molecule has 0 aliphatic carbocycles. The number of fused-ring (bicyclic) bond motifs is 3. The maximum atomic E-state index is 6.26. The smallest absolute Gasteiger partial charge is 0.245 e. The number of benzene rings is 3. The number of nitrogens with zero attached hydrogens (tertiary/aromatic N) is 4. The number of para-hydroxylation sites is 1. The fraction of sp³-hybridized carbons (Fsp3) is 0.125. The summed E-state index contributed by atoms with van der Waals surface area (Å²) < 4.78 is 2.20. The Morgan fingerprint density at radius 2 is 1.67 bits per heavy atom. The summed E-state index contributed by atoms with van der Waals surface area (Å²) in [5.41, 5.74) is 6.17. The van der Waals surface area contributed by atoms with Crippen LogP contribution in [0.4, 0.5) is 5.95 Å². The largest absolute Gasteiger partial charge is 0.349 e. The van der Waals surface area contributed by atoms with Crippen LogP contribution in [-0.2, 0) is 13.1 Å². The molecule has 0 atom stereocenters. The van der Waals surface area contributed by atoms with Crippen LogP contribution in [0.1, 0.15) is 16.7 Å². The minimum absolute atomic E-state index is 0.482. The maximum Gasteiger partial charge on any atom is 0.245 e. The Morgan fingerprint density at radius 1 is 0.900 bits per heavy atom. The van der Waals surface area contributed by atoms with Crippen molar-refractivity contribution in [3.63, 3.8) is 0 Å². The standard InChI is InChI=1S/C24H20ClN5/c1-16-10-12-17(13-11-16)15-30-21-9-5-3-7-19(21)22-23(30)27-24(29-28-22)26-14-18-6-2-4-8-20(18)25/h2-13H,14-15H2,1H3,(H,26,27,29). The van der Waals surface area contributed by atoms with E-state index >= 15 is 0 Å². The lowest BCUT2D eigenvalue weighted by molar-refractivity contribution is 0.846.